The summed E-state index contributed by atoms with van der Waals surface area (Å²) in [5.41, 5.74) is 0.897. The van der Waals surface area contributed by atoms with E-state index in [1.165, 1.54) is 25.7 Å². The Morgan fingerprint density at radius 3 is 2.56 bits per heavy atom. The second kappa shape index (κ2) is 6.05. The molecule has 3 nitrogen and oxygen atoms in total. The second-order valence-electron chi connectivity index (χ2n) is 5.01. The normalized spacial score (nSPS) is 23.4. The molecule has 18 heavy (non-hydrogen) atoms. The smallest absolute Gasteiger partial charge is 0.171 e. The van der Waals surface area contributed by atoms with Crippen LogP contribution in [-0.4, -0.2) is 16.3 Å². The molecule has 2 atom stereocenters. The number of benzene rings is 1. The summed E-state index contributed by atoms with van der Waals surface area (Å²) in [6.07, 6.45) is 5.08. The van der Waals surface area contributed by atoms with Crippen LogP contribution in [-0.2, 0) is 0 Å². The zero-order chi connectivity index (χ0) is 13.0. The molecule has 0 aliphatic heterocycles. The third-order valence-electron chi connectivity index (χ3n) is 3.55. The van der Waals surface area contributed by atoms with Crippen molar-refractivity contribution in [1.82, 2.24) is 5.32 Å². The van der Waals surface area contributed by atoms with Crippen molar-refractivity contribution in [1.29, 1.82) is 0 Å². The van der Waals surface area contributed by atoms with Crippen molar-refractivity contribution in [3.63, 3.8) is 0 Å². The van der Waals surface area contributed by atoms with Crippen LogP contribution in [0.1, 0.15) is 32.6 Å². The highest BCUT2D eigenvalue weighted by molar-refractivity contribution is 7.80. The number of thiocarbonyl (C=S) groups is 1. The van der Waals surface area contributed by atoms with Gasteiger partial charge in [0, 0.05) is 11.7 Å². The average Bonchev–Trinajstić information content (AvgIpc) is 2.35. The van der Waals surface area contributed by atoms with Crippen LogP contribution in [0.25, 0.3) is 0 Å². The van der Waals surface area contributed by atoms with Crippen LogP contribution in [0, 0.1) is 5.92 Å². The molecule has 0 bridgehead atoms. The highest BCUT2D eigenvalue weighted by Gasteiger charge is 2.21. The molecule has 0 unspecified atom stereocenters. The van der Waals surface area contributed by atoms with E-state index in [2.05, 4.69) is 17.6 Å². The number of rotatable bonds is 2. The van der Waals surface area contributed by atoms with Crippen LogP contribution < -0.4 is 10.6 Å². The first-order chi connectivity index (χ1) is 8.65. The molecule has 1 aliphatic carbocycles. The Balaban J connectivity index is 1.86. The third-order valence-corrected chi connectivity index (χ3v) is 3.77. The Morgan fingerprint density at radius 1 is 1.22 bits per heavy atom. The van der Waals surface area contributed by atoms with Gasteiger partial charge >= 0.3 is 0 Å². The molecule has 1 saturated carbocycles. The van der Waals surface area contributed by atoms with E-state index >= 15 is 0 Å². The summed E-state index contributed by atoms with van der Waals surface area (Å²) in [4.78, 5) is 0. The molecule has 0 amide bonds. The first kappa shape index (κ1) is 13.1. The number of nitrogens with one attached hydrogen (secondary N) is 2. The summed E-state index contributed by atoms with van der Waals surface area (Å²) in [6.45, 7) is 2.28. The van der Waals surface area contributed by atoms with Gasteiger partial charge < -0.3 is 15.7 Å². The molecule has 1 aliphatic rings. The average molecular weight is 264 g/mol. The van der Waals surface area contributed by atoms with Crippen LogP contribution in [0.3, 0.4) is 0 Å². The SMILES string of the molecule is C[C@@H]1CCCC[C@@H]1NC(=S)Nc1ccc(O)cc1. The number of phenols is 1. The molecule has 3 N–H and O–H groups in total. The standard InChI is InChI=1S/C14H20N2OS/c1-10-4-2-3-5-13(10)16-14(18)15-11-6-8-12(17)9-7-11/h6-10,13,17H,2-5H2,1H3,(H2,15,16,18)/t10-,13+/m1/s1. The summed E-state index contributed by atoms with van der Waals surface area (Å²) < 4.78 is 0. The van der Waals surface area contributed by atoms with Gasteiger partial charge in [-0.1, -0.05) is 19.8 Å². The summed E-state index contributed by atoms with van der Waals surface area (Å²) in [7, 11) is 0. The van der Waals surface area contributed by atoms with E-state index < -0.39 is 0 Å². The van der Waals surface area contributed by atoms with Crippen LogP contribution in [0.2, 0.25) is 0 Å². The Morgan fingerprint density at radius 2 is 1.89 bits per heavy atom. The number of hydrogen-bond donors (Lipinski definition) is 3. The van der Waals surface area contributed by atoms with Crippen LogP contribution in [0.4, 0.5) is 5.69 Å². The Hall–Kier alpha value is -1.29. The fraction of sp³-hybridized carbons (Fsp3) is 0.500. The third kappa shape index (κ3) is 3.60. The summed E-state index contributed by atoms with van der Waals surface area (Å²) in [6, 6.07) is 7.40. The number of hydrogen-bond acceptors (Lipinski definition) is 2. The fourth-order valence-corrected chi connectivity index (χ4v) is 2.68. The maximum Gasteiger partial charge on any atom is 0.171 e. The van der Waals surface area contributed by atoms with Crippen molar-refractivity contribution in [2.24, 2.45) is 5.92 Å². The van der Waals surface area contributed by atoms with Gasteiger partial charge in [-0.25, -0.2) is 0 Å². The lowest BCUT2D eigenvalue weighted by Crippen LogP contribution is -2.43. The van der Waals surface area contributed by atoms with Gasteiger partial charge in [0.1, 0.15) is 5.75 Å². The van der Waals surface area contributed by atoms with Crippen molar-refractivity contribution >= 4 is 23.0 Å². The molecule has 1 fully saturated rings. The number of phenolic OH excluding ortho intramolecular Hbond substituents is 1. The molecule has 98 valence electrons. The molecule has 0 spiro atoms. The van der Waals surface area contributed by atoms with Crippen molar-refractivity contribution in [2.75, 3.05) is 5.32 Å². The first-order valence-corrected chi connectivity index (χ1v) is 6.92. The minimum atomic E-state index is 0.264. The highest BCUT2D eigenvalue weighted by Crippen LogP contribution is 2.23. The summed E-state index contributed by atoms with van der Waals surface area (Å²) >= 11 is 5.32. The summed E-state index contributed by atoms with van der Waals surface area (Å²) in [5.74, 6) is 0.943. The zero-order valence-electron chi connectivity index (χ0n) is 10.6. The van der Waals surface area contributed by atoms with E-state index in [0.717, 1.165) is 5.69 Å². The quantitative estimate of drug-likeness (QED) is 0.567. The lowest BCUT2D eigenvalue weighted by molar-refractivity contribution is 0.309. The molecule has 4 heteroatoms. The van der Waals surface area contributed by atoms with Gasteiger partial charge in [0.2, 0.25) is 0 Å². The second-order valence-corrected chi connectivity index (χ2v) is 5.42. The molecule has 2 rings (SSSR count). The Kier molecular flexibility index (Phi) is 4.42. The van der Waals surface area contributed by atoms with Crippen LogP contribution >= 0.6 is 12.2 Å². The van der Waals surface area contributed by atoms with Gasteiger partial charge in [-0.05, 0) is 55.2 Å². The molecular formula is C14H20N2OS. The molecular weight excluding hydrogens is 244 g/mol. The van der Waals surface area contributed by atoms with Gasteiger partial charge in [0.25, 0.3) is 0 Å². The minimum Gasteiger partial charge on any atom is -0.508 e. The lowest BCUT2D eigenvalue weighted by Gasteiger charge is -2.30. The number of aromatic hydroxyl groups is 1. The van der Waals surface area contributed by atoms with Crippen molar-refractivity contribution in [3.05, 3.63) is 24.3 Å². The van der Waals surface area contributed by atoms with Crippen molar-refractivity contribution in [3.8, 4) is 5.75 Å². The van der Waals surface area contributed by atoms with Gasteiger partial charge in [0.15, 0.2) is 5.11 Å². The molecule has 1 aromatic carbocycles. The van der Waals surface area contributed by atoms with Gasteiger partial charge in [0.05, 0.1) is 0 Å². The van der Waals surface area contributed by atoms with E-state index in [9.17, 15) is 5.11 Å². The predicted octanol–water partition coefficient (Wildman–Crippen LogP) is 3.26. The van der Waals surface area contributed by atoms with E-state index in [0.29, 0.717) is 17.1 Å². The summed E-state index contributed by atoms with van der Waals surface area (Å²) in [5, 5.41) is 16.4. The van der Waals surface area contributed by atoms with Crippen molar-refractivity contribution in [2.45, 2.75) is 38.6 Å². The molecule has 0 aromatic heterocycles. The van der Waals surface area contributed by atoms with Crippen molar-refractivity contribution < 1.29 is 5.11 Å². The van der Waals surface area contributed by atoms with E-state index in [4.69, 9.17) is 12.2 Å². The minimum absolute atomic E-state index is 0.264. The van der Waals surface area contributed by atoms with E-state index in [-0.39, 0.29) is 5.75 Å². The fourth-order valence-electron chi connectivity index (χ4n) is 2.41. The highest BCUT2D eigenvalue weighted by atomic mass is 32.1. The molecule has 0 heterocycles. The van der Waals surface area contributed by atoms with Crippen LogP contribution in [0.15, 0.2) is 24.3 Å². The molecule has 0 radical (unpaired) electrons. The molecule has 0 saturated heterocycles. The lowest BCUT2D eigenvalue weighted by atomic mass is 9.86. The Bertz CT molecular complexity index is 405. The maximum atomic E-state index is 9.21. The predicted molar refractivity (Wildman–Crippen MR) is 78.9 cm³/mol. The largest absolute Gasteiger partial charge is 0.508 e. The number of anilines is 1. The monoisotopic (exact) mass is 264 g/mol. The van der Waals surface area contributed by atoms with E-state index in [1.807, 2.05) is 12.1 Å². The Labute approximate surface area is 114 Å². The van der Waals surface area contributed by atoms with Gasteiger partial charge in [-0.2, -0.15) is 0 Å². The van der Waals surface area contributed by atoms with Gasteiger partial charge in [-0.3, -0.25) is 0 Å². The maximum absolute atomic E-state index is 9.21. The van der Waals surface area contributed by atoms with E-state index in [1.54, 1.807) is 12.1 Å². The zero-order valence-corrected chi connectivity index (χ0v) is 11.5. The topological polar surface area (TPSA) is 44.3 Å². The first-order valence-electron chi connectivity index (χ1n) is 6.51. The molecule has 1 aromatic rings. The van der Waals surface area contributed by atoms with Gasteiger partial charge in [-0.15, -0.1) is 0 Å². The van der Waals surface area contributed by atoms with Crippen LogP contribution in [0.5, 0.6) is 5.75 Å².